The van der Waals surface area contributed by atoms with Gasteiger partial charge in [-0.25, -0.2) is 4.79 Å². The molecule has 0 saturated heterocycles. The number of hydrogen-bond donors (Lipinski definition) is 0. The van der Waals surface area contributed by atoms with Crippen molar-refractivity contribution in [1.82, 2.24) is 0 Å². The van der Waals surface area contributed by atoms with Crippen molar-refractivity contribution in [2.45, 2.75) is 6.42 Å². The first-order chi connectivity index (χ1) is 5.77. The highest BCUT2D eigenvalue weighted by atomic mass is 79.9. The lowest BCUT2D eigenvalue weighted by Crippen LogP contribution is -1.97. The van der Waals surface area contributed by atoms with E-state index in [0.29, 0.717) is 4.88 Å². The fraction of sp³-hybridized carbons (Fsp3) is 0.375. The van der Waals surface area contributed by atoms with Gasteiger partial charge in [0.25, 0.3) is 0 Å². The smallest absolute Gasteiger partial charge is 0.348 e. The second-order valence-corrected chi connectivity index (χ2v) is 3.95. The summed E-state index contributed by atoms with van der Waals surface area (Å²) in [6, 6.07) is 1.87. The number of rotatable bonds is 3. The van der Waals surface area contributed by atoms with Gasteiger partial charge in [-0.15, -0.1) is 11.3 Å². The van der Waals surface area contributed by atoms with Crippen LogP contribution in [0.4, 0.5) is 0 Å². The zero-order valence-electron chi connectivity index (χ0n) is 6.67. The Labute approximate surface area is 83.7 Å². The fourth-order valence-electron chi connectivity index (χ4n) is 0.823. The lowest BCUT2D eigenvalue weighted by molar-refractivity contribution is 0.0606. The third kappa shape index (κ3) is 2.32. The number of carbonyl (C=O) groups excluding carboxylic acids is 1. The molecule has 66 valence electrons. The molecule has 0 radical (unpaired) electrons. The zero-order chi connectivity index (χ0) is 8.97. The molecule has 2 nitrogen and oxygen atoms in total. The molecule has 12 heavy (non-hydrogen) atoms. The van der Waals surface area contributed by atoms with E-state index in [9.17, 15) is 4.79 Å². The number of aryl methyl sites for hydroxylation is 1. The molecule has 0 N–H and O–H groups in total. The van der Waals surface area contributed by atoms with E-state index in [1.807, 2.05) is 11.4 Å². The Morgan fingerprint density at radius 1 is 1.75 bits per heavy atom. The average Bonchev–Trinajstić information content (AvgIpc) is 2.52. The van der Waals surface area contributed by atoms with E-state index in [1.165, 1.54) is 24.0 Å². The largest absolute Gasteiger partial charge is 0.465 e. The van der Waals surface area contributed by atoms with Gasteiger partial charge in [0.2, 0.25) is 0 Å². The van der Waals surface area contributed by atoms with Gasteiger partial charge in [0.1, 0.15) is 4.88 Å². The first kappa shape index (κ1) is 9.74. The number of thiophene rings is 1. The minimum Gasteiger partial charge on any atom is -0.465 e. The Bertz CT molecular complexity index is 270. The van der Waals surface area contributed by atoms with E-state index in [-0.39, 0.29) is 5.97 Å². The van der Waals surface area contributed by atoms with Gasteiger partial charge in [-0.1, -0.05) is 15.9 Å². The molecule has 0 atom stereocenters. The van der Waals surface area contributed by atoms with Gasteiger partial charge in [-0.05, 0) is 23.4 Å². The van der Waals surface area contributed by atoms with Crippen molar-refractivity contribution in [3.63, 3.8) is 0 Å². The third-order valence-corrected chi connectivity index (χ3v) is 2.78. The number of halogens is 1. The molecule has 0 saturated carbocycles. The first-order valence-electron chi connectivity index (χ1n) is 3.49. The predicted octanol–water partition coefficient (Wildman–Crippen LogP) is 2.47. The van der Waals surface area contributed by atoms with Crippen LogP contribution in [0.3, 0.4) is 0 Å². The molecule has 1 rings (SSSR count). The van der Waals surface area contributed by atoms with Crippen LogP contribution in [-0.2, 0) is 11.2 Å². The van der Waals surface area contributed by atoms with Crippen LogP contribution in [-0.4, -0.2) is 18.4 Å². The number of esters is 1. The van der Waals surface area contributed by atoms with Gasteiger partial charge in [0.15, 0.2) is 0 Å². The molecule has 0 unspecified atom stereocenters. The minimum absolute atomic E-state index is 0.249. The molecule has 0 aliphatic heterocycles. The van der Waals surface area contributed by atoms with E-state index in [4.69, 9.17) is 0 Å². The van der Waals surface area contributed by atoms with Crippen LogP contribution in [0.2, 0.25) is 0 Å². The van der Waals surface area contributed by atoms with Crippen molar-refractivity contribution in [2.75, 3.05) is 12.4 Å². The van der Waals surface area contributed by atoms with Crippen LogP contribution in [0.25, 0.3) is 0 Å². The van der Waals surface area contributed by atoms with Gasteiger partial charge in [-0.2, -0.15) is 0 Å². The molecule has 0 fully saturated rings. The van der Waals surface area contributed by atoms with Crippen molar-refractivity contribution in [3.8, 4) is 0 Å². The Morgan fingerprint density at radius 2 is 2.50 bits per heavy atom. The third-order valence-electron chi connectivity index (χ3n) is 1.42. The van der Waals surface area contributed by atoms with Crippen molar-refractivity contribution < 1.29 is 9.53 Å². The molecule has 1 aromatic rings. The molecule has 1 heterocycles. The van der Waals surface area contributed by atoms with Crippen molar-refractivity contribution >= 4 is 33.2 Å². The molecule has 0 amide bonds. The summed E-state index contributed by atoms with van der Waals surface area (Å²) in [6.45, 7) is 0. The molecule has 0 aliphatic rings. The Morgan fingerprint density at radius 3 is 3.08 bits per heavy atom. The standard InChI is InChI=1S/C8H9BrO2S/c1-11-8(10)7-4-6(2-3-9)5-12-7/h4-5H,2-3H2,1H3. The fourth-order valence-corrected chi connectivity index (χ4v) is 2.14. The molecular formula is C8H9BrO2S. The van der Waals surface area contributed by atoms with Gasteiger partial charge in [0, 0.05) is 5.33 Å². The van der Waals surface area contributed by atoms with Crippen LogP contribution in [0.1, 0.15) is 15.2 Å². The summed E-state index contributed by atoms with van der Waals surface area (Å²) in [5, 5.41) is 2.90. The summed E-state index contributed by atoms with van der Waals surface area (Å²) in [6.07, 6.45) is 0.952. The number of carbonyl (C=O) groups is 1. The number of methoxy groups -OCH3 is 1. The van der Waals surface area contributed by atoms with Crippen LogP contribution < -0.4 is 0 Å². The summed E-state index contributed by atoms with van der Waals surface area (Å²) in [7, 11) is 1.40. The van der Waals surface area contributed by atoms with E-state index in [0.717, 1.165) is 11.8 Å². The monoisotopic (exact) mass is 248 g/mol. The van der Waals surface area contributed by atoms with Crippen molar-refractivity contribution in [1.29, 1.82) is 0 Å². The Kier molecular flexibility index (Phi) is 3.75. The first-order valence-corrected chi connectivity index (χ1v) is 5.49. The van der Waals surface area contributed by atoms with E-state index < -0.39 is 0 Å². The van der Waals surface area contributed by atoms with Gasteiger partial charge >= 0.3 is 5.97 Å². The predicted molar refractivity (Wildman–Crippen MR) is 53.2 cm³/mol. The SMILES string of the molecule is COC(=O)c1cc(CCBr)cs1. The molecule has 0 bridgehead atoms. The molecule has 0 spiro atoms. The summed E-state index contributed by atoms with van der Waals surface area (Å²) in [4.78, 5) is 11.7. The van der Waals surface area contributed by atoms with Crippen molar-refractivity contribution in [3.05, 3.63) is 21.9 Å². The van der Waals surface area contributed by atoms with E-state index in [1.54, 1.807) is 0 Å². The second kappa shape index (κ2) is 4.62. The summed E-state index contributed by atoms with van der Waals surface area (Å²) in [5.74, 6) is -0.249. The maximum atomic E-state index is 11.0. The lowest BCUT2D eigenvalue weighted by atomic mass is 10.2. The molecule has 0 aromatic carbocycles. The molecule has 4 heteroatoms. The van der Waals surface area contributed by atoms with Crippen LogP contribution in [0.15, 0.2) is 11.4 Å². The normalized spacial score (nSPS) is 9.83. The number of ether oxygens (including phenoxy) is 1. The number of hydrogen-bond acceptors (Lipinski definition) is 3. The molecule has 0 aliphatic carbocycles. The van der Waals surface area contributed by atoms with Gasteiger partial charge in [0.05, 0.1) is 7.11 Å². The summed E-state index contributed by atoms with van der Waals surface area (Å²) in [5.41, 5.74) is 1.18. The highest BCUT2D eigenvalue weighted by Crippen LogP contribution is 2.16. The van der Waals surface area contributed by atoms with E-state index >= 15 is 0 Å². The highest BCUT2D eigenvalue weighted by Gasteiger charge is 2.07. The highest BCUT2D eigenvalue weighted by molar-refractivity contribution is 9.09. The summed E-state index contributed by atoms with van der Waals surface area (Å²) >= 11 is 4.76. The average molecular weight is 249 g/mol. The maximum Gasteiger partial charge on any atom is 0.348 e. The molecule has 1 aromatic heterocycles. The van der Waals surface area contributed by atoms with Gasteiger partial charge in [-0.3, -0.25) is 0 Å². The van der Waals surface area contributed by atoms with Crippen LogP contribution in [0.5, 0.6) is 0 Å². The zero-order valence-corrected chi connectivity index (χ0v) is 9.07. The lowest BCUT2D eigenvalue weighted by Gasteiger charge is -1.91. The second-order valence-electron chi connectivity index (χ2n) is 2.25. The molecular weight excluding hydrogens is 240 g/mol. The number of alkyl halides is 1. The quantitative estimate of drug-likeness (QED) is 0.607. The maximum absolute atomic E-state index is 11.0. The van der Waals surface area contributed by atoms with E-state index in [2.05, 4.69) is 20.7 Å². The summed E-state index contributed by atoms with van der Waals surface area (Å²) < 4.78 is 4.59. The van der Waals surface area contributed by atoms with Crippen molar-refractivity contribution in [2.24, 2.45) is 0 Å². The minimum atomic E-state index is -0.249. The van der Waals surface area contributed by atoms with Crippen LogP contribution >= 0.6 is 27.3 Å². The van der Waals surface area contributed by atoms with Gasteiger partial charge < -0.3 is 4.74 Å². The Hall–Kier alpha value is -0.350. The van der Waals surface area contributed by atoms with Crippen LogP contribution in [0, 0.1) is 0 Å². The Balaban J connectivity index is 2.70. The topological polar surface area (TPSA) is 26.3 Å².